The van der Waals surface area contributed by atoms with Gasteiger partial charge in [0.05, 0.1) is 7.11 Å². The molecule has 2 aromatic carbocycles. The highest BCUT2D eigenvalue weighted by molar-refractivity contribution is 5.99. The molecule has 0 bridgehead atoms. The van der Waals surface area contributed by atoms with Crippen molar-refractivity contribution in [3.05, 3.63) is 54.1 Å². The number of nitrogens with one attached hydrogen (secondary N) is 2. The lowest BCUT2D eigenvalue weighted by Gasteiger charge is -2.35. The summed E-state index contributed by atoms with van der Waals surface area (Å²) >= 11 is 0. The highest BCUT2D eigenvalue weighted by Crippen LogP contribution is 2.28. The number of carbonyl (C=O) groups is 3. The maximum atomic E-state index is 14.0. The summed E-state index contributed by atoms with van der Waals surface area (Å²) in [4.78, 5) is 41.9. The fourth-order valence-electron chi connectivity index (χ4n) is 3.87. The highest BCUT2D eigenvalue weighted by Gasteiger charge is 2.37. The normalized spacial score (nSPS) is 12.8. The molecule has 9 heteroatoms. The fourth-order valence-corrected chi connectivity index (χ4v) is 3.87. The number of carbonyl (C=O) groups excluding carboxylic acids is 3. The van der Waals surface area contributed by atoms with Gasteiger partial charge in [-0.25, -0.2) is 4.79 Å². The number of nitrogens with zero attached hydrogens (tertiary/aromatic N) is 1. The molecule has 2 unspecified atom stereocenters. The van der Waals surface area contributed by atoms with Gasteiger partial charge in [0.2, 0.25) is 5.91 Å². The zero-order chi connectivity index (χ0) is 28.5. The second-order valence-electron chi connectivity index (χ2n) is 10.5. The molecule has 3 amide bonds. The van der Waals surface area contributed by atoms with Crippen molar-refractivity contribution in [3.8, 4) is 11.5 Å². The number of methoxy groups -OCH3 is 1. The number of amides is 3. The average molecular weight is 528 g/mol. The Hall–Kier alpha value is -3.75. The topological polar surface area (TPSA) is 117 Å². The molecular formula is C29H41N3O6. The first-order chi connectivity index (χ1) is 17.9. The third kappa shape index (κ3) is 8.97. The lowest BCUT2D eigenvalue weighted by molar-refractivity contribution is -0.141. The second-order valence-corrected chi connectivity index (χ2v) is 10.5. The van der Waals surface area contributed by atoms with Gasteiger partial charge < -0.3 is 30.1 Å². The summed E-state index contributed by atoms with van der Waals surface area (Å²) in [7, 11) is 1.55. The van der Waals surface area contributed by atoms with E-state index in [-0.39, 0.29) is 18.2 Å². The lowest BCUT2D eigenvalue weighted by Crippen LogP contribution is -2.54. The van der Waals surface area contributed by atoms with Gasteiger partial charge in [0, 0.05) is 12.2 Å². The zero-order valence-electron chi connectivity index (χ0n) is 23.4. The number of rotatable bonds is 11. The SMILES string of the molecule is CCCCN(C(=O)C(NC(=O)OC(C)(C)C)C(C)C)C(C(=O)Nc1ccc(OC)cc1)c1cccc(O)c1. The minimum atomic E-state index is -1.06. The van der Waals surface area contributed by atoms with Crippen LogP contribution >= 0.6 is 0 Å². The van der Waals surface area contributed by atoms with Crippen LogP contribution in [0.3, 0.4) is 0 Å². The maximum Gasteiger partial charge on any atom is 0.408 e. The van der Waals surface area contributed by atoms with Crippen LogP contribution in [0.4, 0.5) is 10.5 Å². The van der Waals surface area contributed by atoms with E-state index in [9.17, 15) is 19.5 Å². The first-order valence-electron chi connectivity index (χ1n) is 12.9. The molecule has 0 heterocycles. The van der Waals surface area contributed by atoms with Gasteiger partial charge >= 0.3 is 6.09 Å². The van der Waals surface area contributed by atoms with E-state index in [1.165, 1.54) is 17.0 Å². The molecule has 0 radical (unpaired) electrons. The molecule has 3 N–H and O–H groups in total. The van der Waals surface area contributed by atoms with Crippen molar-refractivity contribution in [3.63, 3.8) is 0 Å². The Balaban J connectivity index is 2.49. The summed E-state index contributed by atoms with van der Waals surface area (Å²) in [6.07, 6.45) is 0.702. The van der Waals surface area contributed by atoms with Gasteiger partial charge in [0.15, 0.2) is 0 Å². The Morgan fingerprint density at radius 2 is 1.71 bits per heavy atom. The third-order valence-electron chi connectivity index (χ3n) is 5.74. The quantitative estimate of drug-likeness (QED) is 0.367. The molecule has 38 heavy (non-hydrogen) atoms. The molecule has 0 aliphatic rings. The van der Waals surface area contributed by atoms with Crippen molar-refractivity contribution in [2.24, 2.45) is 5.92 Å². The molecule has 0 aromatic heterocycles. The van der Waals surface area contributed by atoms with Crippen LogP contribution in [0.2, 0.25) is 0 Å². The summed E-state index contributed by atoms with van der Waals surface area (Å²) in [6, 6.07) is 11.1. The predicted molar refractivity (Wildman–Crippen MR) is 147 cm³/mol. The zero-order valence-corrected chi connectivity index (χ0v) is 23.4. The van der Waals surface area contributed by atoms with Crippen LogP contribution < -0.4 is 15.4 Å². The number of anilines is 1. The highest BCUT2D eigenvalue weighted by atomic mass is 16.6. The molecule has 0 fully saturated rings. The lowest BCUT2D eigenvalue weighted by atomic mass is 9.98. The fraction of sp³-hybridized carbons (Fsp3) is 0.483. The molecule has 2 aromatic rings. The summed E-state index contributed by atoms with van der Waals surface area (Å²) in [5, 5.41) is 15.8. The molecule has 0 spiro atoms. The van der Waals surface area contributed by atoms with E-state index >= 15 is 0 Å². The van der Waals surface area contributed by atoms with E-state index in [0.29, 0.717) is 23.4 Å². The number of hydrogen-bond donors (Lipinski definition) is 3. The number of benzene rings is 2. The Bertz CT molecular complexity index is 1080. The number of ether oxygens (including phenoxy) is 2. The van der Waals surface area contributed by atoms with Crippen LogP contribution in [0.15, 0.2) is 48.5 Å². The van der Waals surface area contributed by atoms with E-state index in [4.69, 9.17) is 9.47 Å². The second kappa shape index (κ2) is 13.7. The van der Waals surface area contributed by atoms with E-state index in [1.807, 2.05) is 20.8 Å². The summed E-state index contributed by atoms with van der Waals surface area (Å²) < 4.78 is 10.6. The van der Waals surface area contributed by atoms with Crippen molar-refractivity contribution in [1.29, 1.82) is 0 Å². The average Bonchev–Trinajstić information content (AvgIpc) is 2.83. The first-order valence-corrected chi connectivity index (χ1v) is 12.9. The van der Waals surface area contributed by atoms with Crippen LogP contribution in [0.5, 0.6) is 11.5 Å². The first kappa shape index (κ1) is 30.5. The van der Waals surface area contributed by atoms with E-state index in [1.54, 1.807) is 64.3 Å². The largest absolute Gasteiger partial charge is 0.508 e. The van der Waals surface area contributed by atoms with Crippen LogP contribution in [0.1, 0.15) is 66.0 Å². The number of aromatic hydroxyl groups is 1. The standard InChI is InChI=1S/C29H41N3O6/c1-8-9-17-32(27(35)24(19(2)3)31-28(36)38-29(4,5)6)25(20-11-10-12-22(33)18-20)26(34)30-21-13-15-23(37-7)16-14-21/h10-16,18-19,24-25,33H,8-9,17H2,1-7H3,(H,30,34)(H,31,36). The van der Waals surface area contributed by atoms with E-state index < -0.39 is 35.6 Å². The van der Waals surface area contributed by atoms with Gasteiger partial charge in [-0.1, -0.05) is 39.3 Å². The molecule has 0 saturated heterocycles. The number of alkyl carbamates (subject to hydrolysis) is 1. The maximum absolute atomic E-state index is 14.0. The van der Waals surface area contributed by atoms with Crippen molar-refractivity contribution < 1.29 is 29.0 Å². The van der Waals surface area contributed by atoms with Crippen LogP contribution in [-0.4, -0.2) is 53.2 Å². The Morgan fingerprint density at radius 1 is 1.05 bits per heavy atom. The van der Waals surface area contributed by atoms with Gasteiger partial charge in [-0.3, -0.25) is 9.59 Å². The molecule has 2 atom stereocenters. The van der Waals surface area contributed by atoms with Gasteiger partial charge in [-0.05, 0) is 75.1 Å². The molecule has 0 aliphatic heterocycles. The summed E-state index contributed by atoms with van der Waals surface area (Å²) in [6.45, 7) is 11.1. The third-order valence-corrected chi connectivity index (χ3v) is 5.74. The minimum absolute atomic E-state index is 0.0278. The Morgan fingerprint density at radius 3 is 2.24 bits per heavy atom. The molecule has 2 rings (SSSR count). The van der Waals surface area contributed by atoms with Crippen molar-refractivity contribution in [2.45, 2.75) is 72.1 Å². The molecular weight excluding hydrogens is 486 g/mol. The summed E-state index contributed by atoms with van der Waals surface area (Å²) in [5.74, 6) is -0.545. The van der Waals surface area contributed by atoms with Gasteiger partial charge in [-0.2, -0.15) is 0 Å². The number of hydrogen-bond acceptors (Lipinski definition) is 6. The monoisotopic (exact) mass is 527 g/mol. The van der Waals surface area contributed by atoms with Crippen molar-refractivity contribution in [1.82, 2.24) is 10.2 Å². The molecule has 0 saturated carbocycles. The van der Waals surface area contributed by atoms with Crippen molar-refractivity contribution >= 4 is 23.6 Å². The Kier molecular flexibility index (Phi) is 11.0. The predicted octanol–water partition coefficient (Wildman–Crippen LogP) is 5.26. The van der Waals surface area contributed by atoms with E-state index in [0.717, 1.165) is 6.42 Å². The molecule has 9 nitrogen and oxygen atoms in total. The number of unbranched alkanes of at least 4 members (excludes halogenated alkanes) is 1. The van der Waals surface area contributed by atoms with Crippen LogP contribution in [0, 0.1) is 5.92 Å². The Labute approximate surface area is 225 Å². The number of phenols is 1. The van der Waals surface area contributed by atoms with Gasteiger partial charge in [0.25, 0.3) is 5.91 Å². The smallest absolute Gasteiger partial charge is 0.408 e. The minimum Gasteiger partial charge on any atom is -0.508 e. The summed E-state index contributed by atoms with van der Waals surface area (Å²) in [5.41, 5.74) is 0.232. The van der Waals surface area contributed by atoms with Gasteiger partial charge in [0.1, 0.15) is 29.2 Å². The van der Waals surface area contributed by atoms with Crippen LogP contribution in [-0.2, 0) is 14.3 Å². The van der Waals surface area contributed by atoms with E-state index in [2.05, 4.69) is 10.6 Å². The van der Waals surface area contributed by atoms with Crippen molar-refractivity contribution in [2.75, 3.05) is 19.0 Å². The molecule has 0 aliphatic carbocycles. The van der Waals surface area contributed by atoms with Crippen LogP contribution in [0.25, 0.3) is 0 Å². The molecule has 208 valence electrons. The number of phenolic OH excluding ortho intramolecular Hbond substituents is 1. The van der Waals surface area contributed by atoms with Gasteiger partial charge in [-0.15, -0.1) is 0 Å².